The molecule has 25 heavy (non-hydrogen) atoms. The van der Waals surface area contributed by atoms with Crippen LogP contribution in [-0.2, 0) is 23.6 Å². The van der Waals surface area contributed by atoms with E-state index in [1.165, 1.54) is 6.20 Å². The molecule has 0 N–H and O–H groups in total. The lowest BCUT2D eigenvalue weighted by molar-refractivity contribution is 0.304. The number of unbranched alkanes of at least 4 members (excludes halogenated alkanes) is 1. The number of rotatable bonds is 6. The zero-order valence-corrected chi connectivity index (χ0v) is 16.0. The van der Waals surface area contributed by atoms with E-state index >= 15 is 0 Å². The number of imidazole rings is 1. The summed E-state index contributed by atoms with van der Waals surface area (Å²) >= 11 is 0. The first kappa shape index (κ1) is 18.1. The van der Waals surface area contributed by atoms with Crippen LogP contribution in [0.1, 0.15) is 50.0 Å². The van der Waals surface area contributed by atoms with Gasteiger partial charge in [-0.3, -0.25) is 4.68 Å². The van der Waals surface area contributed by atoms with Crippen LogP contribution in [0.3, 0.4) is 0 Å². The molecule has 2 aromatic heterocycles. The number of hydrogen-bond acceptors (Lipinski definition) is 4. The maximum Gasteiger partial charge on any atom is 0.246 e. The average Bonchev–Trinajstić information content (AvgIpc) is 3.20. The Labute approximate surface area is 149 Å². The molecule has 0 radical (unpaired) electrons. The topological polar surface area (TPSA) is 73.0 Å². The van der Waals surface area contributed by atoms with Crippen molar-refractivity contribution >= 4 is 10.0 Å². The summed E-state index contributed by atoms with van der Waals surface area (Å²) in [4.78, 5) is 4.84. The van der Waals surface area contributed by atoms with Gasteiger partial charge in [-0.1, -0.05) is 13.3 Å². The van der Waals surface area contributed by atoms with Gasteiger partial charge in [-0.2, -0.15) is 9.40 Å². The van der Waals surface area contributed by atoms with Gasteiger partial charge in [0.15, 0.2) is 0 Å². The van der Waals surface area contributed by atoms with Gasteiger partial charge in [-0.05, 0) is 26.2 Å². The molecule has 0 amide bonds. The van der Waals surface area contributed by atoms with Gasteiger partial charge in [0.2, 0.25) is 10.0 Å². The second-order valence-corrected chi connectivity index (χ2v) is 8.66. The van der Waals surface area contributed by atoms with Crippen LogP contribution >= 0.6 is 0 Å². The number of aryl methyl sites for hydroxylation is 2. The molecule has 8 heteroatoms. The summed E-state index contributed by atoms with van der Waals surface area (Å²) in [6.07, 6.45) is 9.34. The van der Waals surface area contributed by atoms with Crippen molar-refractivity contribution in [1.82, 2.24) is 23.6 Å². The van der Waals surface area contributed by atoms with Crippen molar-refractivity contribution in [2.24, 2.45) is 7.05 Å². The van der Waals surface area contributed by atoms with E-state index in [-0.39, 0.29) is 5.92 Å². The van der Waals surface area contributed by atoms with Gasteiger partial charge in [0.25, 0.3) is 0 Å². The Balaban J connectivity index is 1.82. The summed E-state index contributed by atoms with van der Waals surface area (Å²) in [5.74, 6) is 1.16. The van der Waals surface area contributed by atoms with Crippen LogP contribution < -0.4 is 0 Å². The van der Waals surface area contributed by atoms with Gasteiger partial charge in [0.1, 0.15) is 10.7 Å². The Hall–Kier alpha value is -1.67. The lowest BCUT2D eigenvalue weighted by Gasteiger charge is -2.31. The molecule has 138 valence electrons. The largest absolute Gasteiger partial charge is 0.335 e. The number of sulfonamides is 1. The van der Waals surface area contributed by atoms with Crippen molar-refractivity contribution in [2.45, 2.75) is 56.9 Å². The van der Waals surface area contributed by atoms with Crippen LogP contribution in [0.25, 0.3) is 0 Å². The van der Waals surface area contributed by atoms with E-state index in [9.17, 15) is 8.42 Å². The van der Waals surface area contributed by atoms with E-state index in [0.717, 1.165) is 38.1 Å². The monoisotopic (exact) mass is 365 g/mol. The first-order chi connectivity index (χ1) is 11.9. The zero-order valence-electron chi connectivity index (χ0n) is 15.2. The predicted molar refractivity (Wildman–Crippen MR) is 95.8 cm³/mol. The van der Waals surface area contributed by atoms with E-state index in [2.05, 4.69) is 21.6 Å². The van der Waals surface area contributed by atoms with Crippen molar-refractivity contribution in [1.29, 1.82) is 0 Å². The maximum atomic E-state index is 13.0. The molecule has 1 fully saturated rings. The van der Waals surface area contributed by atoms with Crippen LogP contribution in [0.5, 0.6) is 0 Å². The molecule has 1 atom stereocenters. The second kappa shape index (κ2) is 7.29. The first-order valence-electron chi connectivity index (χ1n) is 8.95. The summed E-state index contributed by atoms with van der Waals surface area (Å²) in [7, 11) is -1.75. The molecule has 0 unspecified atom stereocenters. The maximum absolute atomic E-state index is 13.0. The van der Waals surface area contributed by atoms with Gasteiger partial charge < -0.3 is 4.57 Å². The Bertz CT molecular complexity index is 824. The molecule has 1 aliphatic rings. The fourth-order valence-corrected chi connectivity index (χ4v) is 5.15. The van der Waals surface area contributed by atoms with Crippen LogP contribution in [-0.4, -0.2) is 45.1 Å². The molecule has 0 spiro atoms. The third-order valence-electron chi connectivity index (χ3n) is 5.06. The molecule has 0 bridgehead atoms. The highest BCUT2D eigenvalue weighted by molar-refractivity contribution is 7.89. The summed E-state index contributed by atoms with van der Waals surface area (Å²) in [6.45, 7) is 5.94. The lowest BCUT2D eigenvalue weighted by atomic mass is 9.99. The van der Waals surface area contributed by atoms with Gasteiger partial charge in [-0.15, -0.1) is 0 Å². The van der Waals surface area contributed by atoms with E-state index in [1.54, 1.807) is 23.0 Å². The smallest absolute Gasteiger partial charge is 0.246 e. The Morgan fingerprint density at radius 2 is 2.16 bits per heavy atom. The van der Waals surface area contributed by atoms with E-state index in [4.69, 9.17) is 0 Å². The van der Waals surface area contributed by atoms with E-state index < -0.39 is 10.0 Å². The van der Waals surface area contributed by atoms with Crippen LogP contribution in [0, 0.1) is 6.92 Å². The highest BCUT2D eigenvalue weighted by Gasteiger charge is 2.34. The normalized spacial score (nSPS) is 19.4. The molecular weight excluding hydrogens is 338 g/mol. The van der Waals surface area contributed by atoms with Crippen LogP contribution in [0.2, 0.25) is 0 Å². The summed E-state index contributed by atoms with van der Waals surface area (Å²) in [6, 6.07) is 0. The van der Waals surface area contributed by atoms with Crippen molar-refractivity contribution in [3.8, 4) is 0 Å². The predicted octanol–water partition coefficient (Wildman–Crippen LogP) is 2.29. The zero-order chi connectivity index (χ0) is 18.0. The van der Waals surface area contributed by atoms with E-state index in [1.807, 2.05) is 12.4 Å². The number of hydrogen-bond donors (Lipinski definition) is 0. The molecule has 1 saturated heterocycles. The molecule has 7 nitrogen and oxygen atoms in total. The molecule has 0 aliphatic carbocycles. The molecule has 0 aromatic carbocycles. The SMILES string of the molecule is CCCCn1ccnc1[C@H]1CCCN(S(=O)(=O)c2cnn(C)c2C)C1. The molecular formula is C17H27N5O2S. The molecule has 3 rings (SSSR count). The van der Waals surface area contributed by atoms with Crippen LogP contribution in [0.4, 0.5) is 0 Å². The minimum atomic E-state index is -3.51. The fourth-order valence-electron chi connectivity index (χ4n) is 3.44. The Morgan fingerprint density at radius 1 is 1.36 bits per heavy atom. The van der Waals surface area contributed by atoms with Crippen molar-refractivity contribution < 1.29 is 8.42 Å². The van der Waals surface area contributed by atoms with Crippen molar-refractivity contribution in [2.75, 3.05) is 13.1 Å². The first-order valence-corrected chi connectivity index (χ1v) is 10.4. The number of aromatic nitrogens is 4. The molecule has 2 aromatic rings. The number of nitrogens with zero attached hydrogens (tertiary/aromatic N) is 5. The molecule has 3 heterocycles. The Morgan fingerprint density at radius 3 is 2.84 bits per heavy atom. The molecule has 1 aliphatic heterocycles. The third-order valence-corrected chi connectivity index (χ3v) is 7.03. The fraction of sp³-hybridized carbons (Fsp3) is 0.647. The average molecular weight is 366 g/mol. The Kier molecular flexibility index (Phi) is 5.29. The summed E-state index contributed by atoms with van der Waals surface area (Å²) in [5.41, 5.74) is 0.673. The minimum absolute atomic E-state index is 0.146. The summed E-state index contributed by atoms with van der Waals surface area (Å²) in [5, 5.41) is 4.09. The quantitative estimate of drug-likeness (QED) is 0.787. The van der Waals surface area contributed by atoms with E-state index in [0.29, 0.717) is 23.7 Å². The highest BCUT2D eigenvalue weighted by Crippen LogP contribution is 2.30. The minimum Gasteiger partial charge on any atom is -0.335 e. The second-order valence-electron chi connectivity index (χ2n) is 6.75. The summed E-state index contributed by atoms with van der Waals surface area (Å²) < 4.78 is 31.5. The number of piperidine rings is 1. The third kappa shape index (κ3) is 3.50. The van der Waals surface area contributed by atoms with Gasteiger partial charge in [0.05, 0.1) is 11.9 Å². The lowest BCUT2D eigenvalue weighted by Crippen LogP contribution is -2.39. The van der Waals surface area contributed by atoms with Crippen molar-refractivity contribution in [3.63, 3.8) is 0 Å². The van der Waals surface area contributed by atoms with Gasteiger partial charge in [-0.25, -0.2) is 13.4 Å². The highest BCUT2D eigenvalue weighted by atomic mass is 32.2. The standard InChI is InChI=1S/C17H27N5O2S/c1-4-5-9-21-11-8-18-17(21)15-7-6-10-22(13-15)25(23,24)16-12-19-20(3)14(16)2/h8,11-12,15H,4-7,9-10,13H2,1-3H3/t15-/m0/s1. The van der Waals surface area contributed by atoms with Gasteiger partial charge in [0, 0.05) is 45.0 Å². The van der Waals surface area contributed by atoms with Crippen LogP contribution in [0.15, 0.2) is 23.5 Å². The van der Waals surface area contributed by atoms with Gasteiger partial charge >= 0.3 is 0 Å². The molecule has 0 saturated carbocycles. The van der Waals surface area contributed by atoms with Crippen molar-refractivity contribution in [3.05, 3.63) is 30.1 Å².